The molecule has 0 bridgehead atoms. The summed E-state index contributed by atoms with van der Waals surface area (Å²) >= 11 is 1.68. The fourth-order valence-corrected chi connectivity index (χ4v) is 4.12. The molecule has 0 aliphatic carbocycles. The van der Waals surface area contributed by atoms with Gasteiger partial charge in [-0.3, -0.25) is 4.79 Å². The summed E-state index contributed by atoms with van der Waals surface area (Å²) in [6.45, 7) is 4.06. The van der Waals surface area contributed by atoms with Gasteiger partial charge in [0.15, 0.2) is 11.5 Å². The van der Waals surface area contributed by atoms with Crippen LogP contribution < -0.4 is 15.2 Å². The van der Waals surface area contributed by atoms with Crippen molar-refractivity contribution in [3.05, 3.63) is 53.2 Å². The minimum absolute atomic E-state index is 0.000983. The molecule has 7 heteroatoms. The third-order valence-electron chi connectivity index (χ3n) is 5.67. The van der Waals surface area contributed by atoms with Crippen LogP contribution in [0.25, 0.3) is 22.5 Å². The van der Waals surface area contributed by atoms with Gasteiger partial charge in [-0.1, -0.05) is 11.2 Å². The molecule has 2 N–H and O–H groups in total. The molecule has 2 aromatic carbocycles. The van der Waals surface area contributed by atoms with E-state index in [2.05, 4.69) is 11.2 Å². The number of nitrogens with zero attached hydrogens (tertiary/aromatic N) is 1. The second kappa shape index (κ2) is 10.7. The number of nitrogens with two attached hydrogens (primary N) is 1. The quantitative estimate of drug-likeness (QED) is 0.469. The zero-order valence-electron chi connectivity index (χ0n) is 19.2. The van der Waals surface area contributed by atoms with Gasteiger partial charge in [0.2, 0.25) is 0 Å². The molecular weight excluding hydrogens is 424 g/mol. The Hall–Kier alpha value is -2.77. The number of aryl methyl sites for hydroxylation is 1. The Balaban J connectivity index is 1.97. The molecule has 1 unspecified atom stereocenters. The molecule has 0 saturated heterocycles. The van der Waals surface area contributed by atoms with Crippen LogP contribution in [0.15, 0.2) is 41.1 Å². The van der Waals surface area contributed by atoms with Crippen molar-refractivity contribution in [2.45, 2.75) is 32.7 Å². The summed E-state index contributed by atoms with van der Waals surface area (Å²) in [6, 6.07) is 9.28. The molecule has 1 aromatic heterocycles. The number of carbonyl (C=O) groups is 1. The van der Waals surface area contributed by atoms with E-state index in [1.54, 1.807) is 32.2 Å². The fraction of sp³-hybridized carbons (Fsp3) is 0.360. The molecule has 3 rings (SSSR count). The van der Waals surface area contributed by atoms with Crippen LogP contribution in [0.5, 0.6) is 11.5 Å². The lowest BCUT2D eigenvalue weighted by Gasteiger charge is -2.14. The summed E-state index contributed by atoms with van der Waals surface area (Å²) in [6.07, 6.45) is 4.57. The van der Waals surface area contributed by atoms with E-state index in [0.717, 1.165) is 44.9 Å². The van der Waals surface area contributed by atoms with Crippen LogP contribution in [0.2, 0.25) is 0 Å². The van der Waals surface area contributed by atoms with Crippen LogP contribution in [0.3, 0.4) is 0 Å². The van der Waals surface area contributed by atoms with E-state index in [0.29, 0.717) is 17.9 Å². The number of Topliss-reactive ketones (excluding diaryl/α,β-unsaturated/α-hetero) is 1. The predicted octanol–water partition coefficient (Wildman–Crippen LogP) is 4.83. The van der Waals surface area contributed by atoms with Crippen LogP contribution in [-0.2, 0) is 11.2 Å². The van der Waals surface area contributed by atoms with Crippen LogP contribution in [0.4, 0.5) is 0 Å². The Kier molecular flexibility index (Phi) is 7.99. The minimum atomic E-state index is -0.482. The molecule has 0 spiro atoms. The van der Waals surface area contributed by atoms with Crippen molar-refractivity contribution in [3.8, 4) is 33.9 Å². The first-order valence-corrected chi connectivity index (χ1v) is 11.8. The molecule has 0 aliphatic heterocycles. The molecule has 1 atom stereocenters. The normalized spacial score (nSPS) is 11.9. The van der Waals surface area contributed by atoms with Gasteiger partial charge in [-0.15, -0.1) is 0 Å². The number of methoxy groups -OCH3 is 2. The Labute approximate surface area is 193 Å². The molecule has 0 amide bonds. The van der Waals surface area contributed by atoms with Crippen molar-refractivity contribution in [2.24, 2.45) is 5.73 Å². The van der Waals surface area contributed by atoms with Gasteiger partial charge in [0.25, 0.3) is 0 Å². The lowest BCUT2D eigenvalue weighted by atomic mass is 9.95. The number of aromatic nitrogens is 1. The molecule has 0 saturated carbocycles. The van der Waals surface area contributed by atoms with Crippen molar-refractivity contribution in [1.82, 2.24) is 5.16 Å². The maximum Gasteiger partial charge on any atom is 0.174 e. The molecule has 6 nitrogen and oxygen atoms in total. The summed E-state index contributed by atoms with van der Waals surface area (Å²) in [4.78, 5) is 12.7. The highest BCUT2D eigenvalue weighted by Crippen LogP contribution is 2.37. The molecular formula is C25H30N2O4S. The first kappa shape index (κ1) is 23.9. The van der Waals surface area contributed by atoms with Crippen molar-refractivity contribution in [2.75, 3.05) is 26.2 Å². The van der Waals surface area contributed by atoms with E-state index in [4.69, 9.17) is 19.7 Å². The number of rotatable bonds is 10. The maximum atomic E-state index is 12.7. The number of hydrogen-bond acceptors (Lipinski definition) is 7. The minimum Gasteiger partial charge on any atom is -0.496 e. The average Bonchev–Trinajstić information content (AvgIpc) is 3.29. The number of benzene rings is 2. The molecule has 0 fully saturated rings. The van der Waals surface area contributed by atoms with Gasteiger partial charge in [-0.2, -0.15) is 11.8 Å². The molecule has 0 radical (unpaired) electrons. The second-order valence-electron chi connectivity index (χ2n) is 7.75. The van der Waals surface area contributed by atoms with E-state index >= 15 is 0 Å². The Bertz CT molecular complexity index is 1090. The standard InChI is InChI=1S/C25H30N2O4S/c1-15-10-19(13-24(30-4)16(15)2)25-20(14-27-31-25)17-6-7-23(29-3)18(11-17)12-22(28)21(26)8-9-32-5/h6-7,10-11,13-14,21H,8-9,12,26H2,1-5H3. The highest BCUT2D eigenvalue weighted by atomic mass is 32.2. The zero-order chi connectivity index (χ0) is 23.3. The lowest BCUT2D eigenvalue weighted by Crippen LogP contribution is -2.32. The van der Waals surface area contributed by atoms with E-state index in [-0.39, 0.29) is 12.2 Å². The fourth-order valence-electron chi connectivity index (χ4n) is 3.63. The second-order valence-corrected chi connectivity index (χ2v) is 8.73. The van der Waals surface area contributed by atoms with E-state index < -0.39 is 6.04 Å². The smallest absolute Gasteiger partial charge is 0.174 e. The summed E-state index contributed by atoms with van der Waals surface area (Å²) < 4.78 is 16.7. The number of ketones is 1. The maximum absolute atomic E-state index is 12.7. The molecule has 32 heavy (non-hydrogen) atoms. The largest absolute Gasteiger partial charge is 0.496 e. The zero-order valence-corrected chi connectivity index (χ0v) is 20.0. The van der Waals surface area contributed by atoms with Gasteiger partial charge in [0.1, 0.15) is 11.5 Å². The monoisotopic (exact) mass is 454 g/mol. The summed E-state index contributed by atoms with van der Waals surface area (Å²) in [7, 11) is 3.26. The van der Waals surface area contributed by atoms with Crippen molar-refractivity contribution < 1.29 is 18.8 Å². The summed E-state index contributed by atoms with van der Waals surface area (Å²) in [5.41, 5.74) is 11.7. The Morgan fingerprint density at radius 3 is 2.56 bits per heavy atom. The van der Waals surface area contributed by atoms with Gasteiger partial charge in [-0.25, -0.2) is 0 Å². The van der Waals surface area contributed by atoms with Gasteiger partial charge in [-0.05, 0) is 73.2 Å². The van der Waals surface area contributed by atoms with Crippen molar-refractivity contribution in [1.29, 1.82) is 0 Å². The molecule has 3 aromatic rings. The molecule has 0 aliphatic rings. The van der Waals surface area contributed by atoms with E-state index in [1.807, 2.05) is 44.4 Å². The number of ether oxygens (including phenoxy) is 2. The summed E-state index contributed by atoms with van der Waals surface area (Å²) in [5.74, 6) is 2.95. The Morgan fingerprint density at radius 2 is 1.88 bits per heavy atom. The average molecular weight is 455 g/mol. The SMILES string of the molecule is COc1ccc(-c2cnoc2-c2cc(C)c(C)c(OC)c2)cc1CC(=O)C(N)CCSC. The van der Waals surface area contributed by atoms with Gasteiger partial charge < -0.3 is 19.7 Å². The molecule has 1 heterocycles. The van der Waals surface area contributed by atoms with Crippen molar-refractivity contribution >= 4 is 17.5 Å². The van der Waals surface area contributed by atoms with Gasteiger partial charge >= 0.3 is 0 Å². The Morgan fingerprint density at radius 1 is 1.12 bits per heavy atom. The molecule has 170 valence electrons. The first-order valence-electron chi connectivity index (χ1n) is 10.4. The number of carbonyl (C=O) groups excluding carboxylic acids is 1. The topological polar surface area (TPSA) is 87.6 Å². The third-order valence-corrected chi connectivity index (χ3v) is 6.32. The predicted molar refractivity (Wildman–Crippen MR) is 130 cm³/mol. The highest BCUT2D eigenvalue weighted by molar-refractivity contribution is 7.98. The lowest BCUT2D eigenvalue weighted by molar-refractivity contribution is -0.119. The van der Waals surface area contributed by atoms with Crippen LogP contribution in [0, 0.1) is 13.8 Å². The summed E-state index contributed by atoms with van der Waals surface area (Å²) in [5, 5.41) is 4.04. The van der Waals surface area contributed by atoms with Crippen LogP contribution in [-0.4, -0.2) is 43.2 Å². The van der Waals surface area contributed by atoms with Crippen molar-refractivity contribution in [3.63, 3.8) is 0 Å². The highest BCUT2D eigenvalue weighted by Gasteiger charge is 2.20. The number of hydrogen-bond donors (Lipinski definition) is 1. The number of thioether (sulfide) groups is 1. The first-order chi connectivity index (χ1) is 15.4. The van der Waals surface area contributed by atoms with Crippen LogP contribution in [0.1, 0.15) is 23.1 Å². The van der Waals surface area contributed by atoms with Gasteiger partial charge in [0.05, 0.1) is 26.5 Å². The van der Waals surface area contributed by atoms with E-state index in [1.165, 1.54) is 0 Å². The van der Waals surface area contributed by atoms with E-state index in [9.17, 15) is 4.79 Å². The van der Waals surface area contributed by atoms with Gasteiger partial charge in [0, 0.05) is 23.1 Å². The van der Waals surface area contributed by atoms with Crippen LogP contribution >= 0.6 is 11.8 Å². The third kappa shape index (κ3) is 5.16.